The maximum absolute atomic E-state index is 13.1. The molecular weight excluding hydrogens is 470 g/mol. The fourth-order valence-corrected chi connectivity index (χ4v) is 4.30. The van der Waals surface area contributed by atoms with Crippen LogP contribution >= 0.6 is 0 Å². The molecule has 0 bridgehead atoms. The number of amides is 2. The lowest BCUT2D eigenvalue weighted by atomic mass is 10.1. The highest BCUT2D eigenvalue weighted by Crippen LogP contribution is 2.32. The normalized spacial score (nSPS) is 14.6. The van der Waals surface area contributed by atoms with Gasteiger partial charge in [-0.25, -0.2) is 4.98 Å². The van der Waals surface area contributed by atoms with E-state index in [1.54, 1.807) is 24.6 Å². The first-order chi connectivity index (χ1) is 17.6. The number of nitrogens with zero attached hydrogens (tertiary/aromatic N) is 3. The second-order valence-electron chi connectivity index (χ2n) is 10.6. The Morgan fingerprint density at radius 1 is 1.14 bits per heavy atom. The molecule has 0 spiro atoms. The summed E-state index contributed by atoms with van der Waals surface area (Å²) in [6, 6.07) is 9.36. The van der Waals surface area contributed by atoms with E-state index in [9.17, 15) is 14.7 Å². The SMILES string of the molecule is CCC(CC)NC(=O)c1cnc(-c2cccc(-c3cc(C(=O)NC(C)C4CC4)n(CC(C)(C)O)n3)c2)o1. The molecule has 9 heteroatoms. The second kappa shape index (κ2) is 10.9. The molecule has 9 nitrogen and oxygen atoms in total. The van der Waals surface area contributed by atoms with Gasteiger partial charge in [0, 0.05) is 23.2 Å². The van der Waals surface area contributed by atoms with Crippen molar-refractivity contribution in [3.05, 3.63) is 48.0 Å². The summed E-state index contributed by atoms with van der Waals surface area (Å²) in [5.74, 6) is 0.506. The molecule has 1 aliphatic rings. The van der Waals surface area contributed by atoms with Crippen LogP contribution in [0.15, 0.2) is 40.9 Å². The van der Waals surface area contributed by atoms with Crippen LogP contribution in [-0.4, -0.2) is 49.4 Å². The third-order valence-electron chi connectivity index (χ3n) is 6.69. The summed E-state index contributed by atoms with van der Waals surface area (Å²) in [5.41, 5.74) is 1.38. The monoisotopic (exact) mass is 507 g/mol. The van der Waals surface area contributed by atoms with Crippen LogP contribution in [0.1, 0.15) is 81.3 Å². The van der Waals surface area contributed by atoms with Crippen LogP contribution < -0.4 is 10.6 Å². The van der Waals surface area contributed by atoms with Gasteiger partial charge in [-0.3, -0.25) is 14.3 Å². The Bertz CT molecular complexity index is 1250. The molecule has 1 atom stereocenters. The average molecular weight is 508 g/mol. The van der Waals surface area contributed by atoms with Crippen LogP contribution in [0.2, 0.25) is 0 Å². The lowest BCUT2D eigenvalue weighted by Gasteiger charge is -2.19. The van der Waals surface area contributed by atoms with E-state index in [0.717, 1.165) is 31.2 Å². The van der Waals surface area contributed by atoms with Crippen LogP contribution in [0.3, 0.4) is 0 Å². The fraction of sp³-hybridized carbons (Fsp3) is 0.500. The first kappa shape index (κ1) is 26.6. The maximum Gasteiger partial charge on any atom is 0.288 e. The molecule has 2 amide bonds. The number of oxazole rings is 1. The molecule has 198 valence electrons. The van der Waals surface area contributed by atoms with E-state index < -0.39 is 5.60 Å². The summed E-state index contributed by atoms with van der Waals surface area (Å²) in [6.45, 7) is 9.61. The van der Waals surface area contributed by atoms with Crippen molar-refractivity contribution in [2.45, 2.75) is 84.5 Å². The van der Waals surface area contributed by atoms with E-state index >= 15 is 0 Å². The van der Waals surface area contributed by atoms with Gasteiger partial charge >= 0.3 is 0 Å². The van der Waals surface area contributed by atoms with E-state index in [2.05, 4.69) is 20.7 Å². The molecule has 1 aromatic carbocycles. The Hall–Kier alpha value is -3.46. The molecule has 1 aliphatic carbocycles. The Labute approximate surface area is 217 Å². The summed E-state index contributed by atoms with van der Waals surface area (Å²) < 4.78 is 7.33. The third-order valence-corrected chi connectivity index (χ3v) is 6.69. The first-order valence-corrected chi connectivity index (χ1v) is 13.1. The average Bonchev–Trinajstić information content (AvgIpc) is 3.45. The fourth-order valence-electron chi connectivity index (χ4n) is 4.30. The Kier molecular flexibility index (Phi) is 7.82. The summed E-state index contributed by atoms with van der Waals surface area (Å²) >= 11 is 0. The highest BCUT2D eigenvalue weighted by atomic mass is 16.4. The van der Waals surface area contributed by atoms with Crippen LogP contribution in [-0.2, 0) is 6.54 Å². The van der Waals surface area contributed by atoms with Crippen molar-refractivity contribution in [1.29, 1.82) is 0 Å². The summed E-state index contributed by atoms with van der Waals surface area (Å²) in [6.07, 6.45) is 5.37. The van der Waals surface area contributed by atoms with Gasteiger partial charge in [0.1, 0.15) is 5.69 Å². The number of aromatic nitrogens is 3. The molecule has 3 N–H and O–H groups in total. The number of benzene rings is 1. The summed E-state index contributed by atoms with van der Waals surface area (Å²) in [7, 11) is 0. The minimum absolute atomic E-state index is 0.0852. The van der Waals surface area contributed by atoms with Crippen LogP contribution in [0.25, 0.3) is 22.7 Å². The number of rotatable bonds is 11. The topological polar surface area (TPSA) is 122 Å². The highest BCUT2D eigenvalue weighted by Gasteiger charge is 2.30. The number of hydrogen-bond donors (Lipinski definition) is 3. The van der Waals surface area contributed by atoms with Crippen LogP contribution in [0.5, 0.6) is 0 Å². The van der Waals surface area contributed by atoms with Gasteiger partial charge < -0.3 is 20.2 Å². The smallest absolute Gasteiger partial charge is 0.288 e. The molecule has 1 saturated carbocycles. The number of nitrogens with one attached hydrogen (secondary N) is 2. The van der Waals surface area contributed by atoms with Crippen molar-refractivity contribution in [2.75, 3.05) is 0 Å². The van der Waals surface area contributed by atoms with Crippen LogP contribution in [0.4, 0.5) is 0 Å². The van der Waals surface area contributed by atoms with E-state index in [1.807, 2.05) is 45.0 Å². The Morgan fingerprint density at radius 3 is 2.49 bits per heavy atom. The zero-order chi connectivity index (χ0) is 26.7. The van der Waals surface area contributed by atoms with Crippen molar-refractivity contribution in [1.82, 2.24) is 25.4 Å². The molecule has 1 fully saturated rings. The second-order valence-corrected chi connectivity index (χ2v) is 10.6. The minimum Gasteiger partial charge on any atom is -0.431 e. The molecule has 2 aromatic heterocycles. The van der Waals surface area contributed by atoms with Crippen molar-refractivity contribution < 1.29 is 19.1 Å². The Balaban J connectivity index is 1.59. The molecular formula is C28H37N5O4. The highest BCUT2D eigenvalue weighted by molar-refractivity contribution is 5.94. The van der Waals surface area contributed by atoms with Crippen LogP contribution in [0, 0.1) is 5.92 Å². The zero-order valence-electron chi connectivity index (χ0n) is 22.2. The zero-order valence-corrected chi connectivity index (χ0v) is 22.2. The predicted octanol–water partition coefficient (Wildman–Crippen LogP) is 4.42. The van der Waals surface area contributed by atoms with Gasteiger partial charge in [0.15, 0.2) is 0 Å². The van der Waals surface area contributed by atoms with E-state index in [0.29, 0.717) is 28.8 Å². The largest absolute Gasteiger partial charge is 0.431 e. The van der Waals surface area contributed by atoms with Gasteiger partial charge in [-0.15, -0.1) is 0 Å². The van der Waals surface area contributed by atoms with Crippen molar-refractivity contribution in [2.24, 2.45) is 5.92 Å². The third kappa shape index (κ3) is 6.65. The number of carbonyl (C=O) groups excluding carboxylic acids is 2. The maximum atomic E-state index is 13.1. The van der Waals surface area contributed by atoms with Crippen molar-refractivity contribution in [3.63, 3.8) is 0 Å². The predicted molar refractivity (Wildman–Crippen MR) is 141 cm³/mol. The lowest BCUT2D eigenvalue weighted by Crippen LogP contribution is -2.37. The summed E-state index contributed by atoms with van der Waals surface area (Å²) in [4.78, 5) is 29.9. The molecule has 3 aromatic rings. The van der Waals surface area contributed by atoms with Crippen molar-refractivity contribution in [3.8, 4) is 22.7 Å². The number of aliphatic hydroxyl groups is 1. The minimum atomic E-state index is -1.05. The molecule has 2 heterocycles. The van der Waals surface area contributed by atoms with Gasteiger partial charge in [-0.1, -0.05) is 26.0 Å². The van der Waals surface area contributed by atoms with Gasteiger partial charge in [-0.05, 0) is 70.6 Å². The van der Waals surface area contributed by atoms with Crippen molar-refractivity contribution >= 4 is 11.8 Å². The van der Waals surface area contributed by atoms with E-state index in [4.69, 9.17) is 4.42 Å². The van der Waals surface area contributed by atoms with E-state index in [1.165, 1.54) is 6.20 Å². The first-order valence-electron chi connectivity index (χ1n) is 13.1. The molecule has 1 unspecified atom stereocenters. The summed E-state index contributed by atoms with van der Waals surface area (Å²) in [5, 5.41) is 21.1. The quantitative estimate of drug-likeness (QED) is 0.353. The number of hydrogen-bond acceptors (Lipinski definition) is 6. The van der Waals surface area contributed by atoms with Gasteiger partial charge in [0.05, 0.1) is 24.0 Å². The Morgan fingerprint density at radius 2 is 1.84 bits per heavy atom. The lowest BCUT2D eigenvalue weighted by molar-refractivity contribution is 0.0562. The molecule has 0 radical (unpaired) electrons. The number of carbonyl (C=O) groups is 2. The molecule has 4 rings (SSSR count). The molecule has 0 saturated heterocycles. The van der Waals surface area contributed by atoms with Gasteiger partial charge in [0.25, 0.3) is 11.8 Å². The molecule has 37 heavy (non-hydrogen) atoms. The molecule has 0 aliphatic heterocycles. The van der Waals surface area contributed by atoms with Gasteiger partial charge in [0.2, 0.25) is 11.7 Å². The van der Waals surface area contributed by atoms with Gasteiger partial charge in [-0.2, -0.15) is 5.10 Å². The van der Waals surface area contributed by atoms with E-state index in [-0.39, 0.29) is 36.2 Å². The standard InChI is InChI=1S/C28H37N5O4/c1-6-21(7-2)31-26(35)24-15-29-27(37-24)20-10-8-9-19(13-20)22-14-23(33(32-22)16-28(4,5)36)25(34)30-17(3)18-11-12-18/h8-10,13-15,17-18,21,36H,6-7,11-12,16H2,1-5H3,(H,30,34)(H,31,35).